The summed E-state index contributed by atoms with van der Waals surface area (Å²) in [5.74, 6) is 3.04. The van der Waals surface area contributed by atoms with Gasteiger partial charge in [0.05, 0.1) is 12.0 Å². The standard InChI is InChI=1S/C14H21N5OS/c1-9(15)10-3-5-19(6-4-10)14-16-13(17-18-14)12-7-11(20-2)8-21-12/h7-10H,3-6,15H2,1-2H3,(H,16,17,18). The third kappa shape index (κ3) is 3.03. The number of aromatic nitrogens is 3. The topological polar surface area (TPSA) is 80.1 Å². The molecule has 2 aromatic rings. The first kappa shape index (κ1) is 14.3. The summed E-state index contributed by atoms with van der Waals surface area (Å²) in [7, 11) is 1.67. The molecule has 0 amide bonds. The molecular weight excluding hydrogens is 286 g/mol. The van der Waals surface area contributed by atoms with E-state index < -0.39 is 0 Å². The van der Waals surface area contributed by atoms with E-state index in [-0.39, 0.29) is 6.04 Å². The molecule has 3 heterocycles. The van der Waals surface area contributed by atoms with Crippen LogP contribution in [0.3, 0.4) is 0 Å². The Hall–Kier alpha value is -1.60. The van der Waals surface area contributed by atoms with E-state index >= 15 is 0 Å². The minimum Gasteiger partial charge on any atom is -0.496 e. The number of hydrogen-bond donors (Lipinski definition) is 2. The molecule has 0 aromatic carbocycles. The fourth-order valence-electron chi connectivity index (χ4n) is 2.68. The highest BCUT2D eigenvalue weighted by molar-refractivity contribution is 7.13. The number of aromatic amines is 1. The van der Waals surface area contributed by atoms with E-state index in [0.717, 1.165) is 48.3 Å². The Balaban J connectivity index is 1.68. The number of hydrogen-bond acceptors (Lipinski definition) is 6. The summed E-state index contributed by atoms with van der Waals surface area (Å²) in [6.45, 7) is 4.03. The predicted octanol–water partition coefficient (Wildman–Crippen LogP) is 2.11. The number of piperidine rings is 1. The predicted molar refractivity (Wildman–Crippen MR) is 84.8 cm³/mol. The van der Waals surface area contributed by atoms with Crippen molar-refractivity contribution in [1.82, 2.24) is 15.2 Å². The molecule has 1 aliphatic heterocycles. The van der Waals surface area contributed by atoms with E-state index in [9.17, 15) is 0 Å². The van der Waals surface area contributed by atoms with Gasteiger partial charge in [0.25, 0.3) is 0 Å². The second-order valence-electron chi connectivity index (χ2n) is 5.52. The number of nitrogens with one attached hydrogen (secondary N) is 1. The summed E-state index contributed by atoms with van der Waals surface area (Å²) < 4.78 is 5.20. The van der Waals surface area contributed by atoms with Crippen LogP contribution in [-0.4, -0.2) is 41.4 Å². The van der Waals surface area contributed by atoms with Crippen LogP contribution in [0.4, 0.5) is 5.95 Å². The van der Waals surface area contributed by atoms with Crippen molar-refractivity contribution in [2.75, 3.05) is 25.1 Å². The van der Waals surface area contributed by atoms with Gasteiger partial charge in [-0.25, -0.2) is 0 Å². The fourth-order valence-corrected chi connectivity index (χ4v) is 3.47. The minimum absolute atomic E-state index is 0.272. The fraction of sp³-hybridized carbons (Fsp3) is 0.571. The van der Waals surface area contributed by atoms with Gasteiger partial charge in [0.2, 0.25) is 5.95 Å². The normalized spacial score (nSPS) is 18.0. The van der Waals surface area contributed by atoms with Crippen LogP contribution in [0, 0.1) is 5.92 Å². The number of H-pyrrole nitrogens is 1. The second-order valence-corrected chi connectivity index (χ2v) is 6.43. The second kappa shape index (κ2) is 6.03. The number of thiophene rings is 1. The lowest BCUT2D eigenvalue weighted by Crippen LogP contribution is -2.40. The highest BCUT2D eigenvalue weighted by Gasteiger charge is 2.24. The Morgan fingerprint density at radius 3 is 2.86 bits per heavy atom. The number of nitrogens with two attached hydrogens (primary N) is 1. The van der Waals surface area contributed by atoms with Gasteiger partial charge < -0.3 is 15.4 Å². The van der Waals surface area contributed by atoms with Gasteiger partial charge in [-0.2, -0.15) is 4.98 Å². The first-order valence-electron chi connectivity index (χ1n) is 7.23. The maximum Gasteiger partial charge on any atom is 0.245 e. The number of rotatable bonds is 4. The van der Waals surface area contributed by atoms with Gasteiger partial charge in [0.1, 0.15) is 5.75 Å². The Kier molecular flexibility index (Phi) is 4.12. The molecule has 2 aromatic heterocycles. The molecule has 3 rings (SSSR count). The number of anilines is 1. The molecule has 0 radical (unpaired) electrons. The molecule has 0 spiro atoms. The SMILES string of the molecule is COc1csc(-c2nc(N3CCC(C(C)N)CC3)n[nH]2)c1. The molecule has 1 aliphatic rings. The molecule has 0 saturated carbocycles. The summed E-state index contributed by atoms with van der Waals surface area (Å²) in [5, 5.41) is 9.33. The molecule has 0 bridgehead atoms. The van der Waals surface area contributed by atoms with Crippen molar-refractivity contribution in [1.29, 1.82) is 0 Å². The van der Waals surface area contributed by atoms with Gasteiger partial charge in [-0.3, -0.25) is 5.10 Å². The van der Waals surface area contributed by atoms with Crippen molar-refractivity contribution >= 4 is 17.3 Å². The van der Waals surface area contributed by atoms with Gasteiger partial charge in [0.15, 0.2) is 5.82 Å². The van der Waals surface area contributed by atoms with Crippen molar-refractivity contribution in [3.8, 4) is 16.5 Å². The minimum atomic E-state index is 0.272. The largest absolute Gasteiger partial charge is 0.496 e. The monoisotopic (exact) mass is 307 g/mol. The smallest absolute Gasteiger partial charge is 0.245 e. The molecule has 1 fully saturated rings. The maximum absolute atomic E-state index is 5.98. The third-order valence-corrected chi connectivity index (χ3v) is 5.00. The quantitative estimate of drug-likeness (QED) is 0.904. The molecule has 3 N–H and O–H groups in total. The van der Waals surface area contributed by atoms with Crippen molar-refractivity contribution in [2.45, 2.75) is 25.8 Å². The first-order chi connectivity index (χ1) is 10.2. The third-order valence-electron chi connectivity index (χ3n) is 4.08. The van der Waals surface area contributed by atoms with Crippen LogP contribution in [-0.2, 0) is 0 Å². The molecule has 1 atom stereocenters. The van der Waals surface area contributed by atoms with Gasteiger partial charge >= 0.3 is 0 Å². The number of ether oxygens (including phenoxy) is 1. The summed E-state index contributed by atoms with van der Waals surface area (Å²) in [6, 6.07) is 2.24. The van der Waals surface area contributed by atoms with Gasteiger partial charge in [0, 0.05) is 30.6 Å². The molecule has 7 heteroatoms. The van der Waals surface area contributed by atoms with E-state index in [1.165, 1.54) is 0 Å². The highest BCUT2D eigenvalue weighted by Crippen LogP contribution is 2.30. The molecule has 21 heavy (non-hydrogen) atoms. The van der Waals surface area contributed by atoms with E-state index in [1.807, 2.05) is 11.4 Å². The summed E-state index contributed by atoms with van der Waals surface area (Å²) in [5.41, 5.74) is 5.98. The number of methoxy groups -OCH3 is 1. The van der Waals surface area contributed by atoms with Crippen molar-refractivity contribution in [3.05, 3.63) is 11.4 Å². The molecule has 1 unspecified atom stereocenters. The van der Waals surface area contributed by atoms with Crippen LogP contribution in [0.2, 0.25) is 0 Å². The molecule has 1 saturated heterocycles. The van der Waals surface area contributed by atoms with Crippen molar-refractivity contribution in [2.24, 2.45) is 11.7 Å². The van der Waals surface area contributed by atoms with Gasteiger partial charge in [-0.05, 0) is 25.7 Å². The van der Waals surface area contributed by atoms with Crippen molar-refractivity contribution in [3.63, 3.8) is 0 Å². The average molecular weight is 307 g/mol. The van der Waals surface area contributed by atoms with Crippen LogP contribution in [0.1, 0.15) is 19.8 Å². The average Bonchev–Trinajstić information content (AvgIpc) is 3.16. The van der Waals surface area contributed by atoms with E-state index in [0.29, 0.717) is 5.92 Å². The Morgan fingerprint density at radius 2 is 2.24 bits per heavy atom. The summed E-state index contributed by atoms with van der Waals surface area (Å²) >= 11 is 1.60. The Morgan fingerprint density at radius 1 is 1.48 bits per heavy atom. The molecule has 6 nitrogen and oxygen atoms in total. The zero-order chi connectivity index (χ0) is 14.8. The Labute approximate surface area is 128 Å². The van der Waals surface area contributed by atoms with Crippen molar-refractivity contribution < 1.29 is 4.74 Å². The lowest BCUT2D eigenvalue weighted by molar-refractivity contribution is 0.352. The molecule has 114 valence electrons. The van der Waals surface area contributed by atoms with Crippen LogP contribution in [0.15, 0.2) is 11.4 Å². The van der Waals surface area contributed by atoms with Crippen LogP contribution in [0.5, 0.6) is 5.75 Å². The van der Waals surface area contributed by atoms with Crippen LogP contribution in [0.25, 0.3) is 10.7 Å². The zero-order valence-electron chi connectivity index (χ0n) is 12.4. The molecular formula is C14H21N5OS. The van der Waals surface area contributed by atoms with Gasteiger partial charge in [-0.1, -0.05) is 0 Å². The van der Waals surface area contributed by atoms with E-state index in [2.05, 4.69) is 27.0 Å². The van der Waals surface area contributed by atoms with E-state index in [1.54, 1.807) is 18.4 Å². The number of nitrogens with zero attached hydrogens (tertiary/aromatic N) is 3. The first-order valence-corrected chi connectivity index (χ1v) is 8.11. The summed E-state index contributed by atoms with van der Waals surface area (Å²) in [4.78, 5) is 7.87. The Bertz CT molecular complexity index is 586. The molecule has 0 aliphatic carbocycles. The van der Waals surface area contributed by atoms with Crippen LogP contribution >= 0.6 is 11.3 Å². The van der Waals surface area contributed by atoms with Crippen LogP contribution < -0.4 is 15.4 Å². The highest BCUT2D eigenvalue weighted by atomic mass is 32.1. The van der Waals surface area contributed by atoms with E-state index in [4.69, 9.17) is 10.5 Å². The summed E-state index contributed by atoms with van der Waals surface area (Å²) in [6.07, 6.45) is 2.21. The lowest BCUT2D eigenvalue weighted by Gasteiger charge is -2.32. The zero-order valence-corrected chi connectivity index (χ0v) is 13.2. The maximum atomic E-state index is 5.98. The lowest BCUT2D eigenvalue weighted by atomic mass is 9.91. The van der Waals surface area contributed by atoms with Gasteiger partial charge in [-0.15, -0.1) is 16.4 Å².